The molecule has 252 valence electrons. The average molecular weight is 671 g/mol. The van der Waals surface area contributed by atoms with Gasteiger partial charge in [0.25, 0.3) is 0 Å². The maximum absolute atomic E-state index is 11.1. The van der Waals surface area contributed by atoms with Crippen molar-refractivity contribution in [2.24, 2.45) is 0 Å². The number of hydrogen-bond acceptors (Lipinski definition) is 5. The number of unbranched alkanes of at least 4 members (excludes halogenated alkanes) is 1. The van der Waals surface area contributed by atoms with Crippen molar-refractivity contribution in [1.29, 1.82) is 0 Å². The first kappa shape index (κ1) is 35.8. The van der Waals surface area contributed by atoms with E-state index in [9.17, 15) is 9.59 Å². The van der Waals surface area contributed by atoms with Crippen LogP contribution in [0.1, 0.15) is 59.6 Å². The number of carbonyl (C=O) groups is 2. The summed E-state index contributed by atoms with van der Waals surface area (Å²) in [5.74, 6) is 19.6. The Labute approximate surface area is 299 Å². The molecule has 0 unspecified atom stereocenters. The van der Waals surface area contributed by atoms with Crippen LogP contribution >= 0.6 is 0 Å². The fourth-order valence-electron chi connectivity index (χ4n) is 5.20. The lowest BCUT2D eigenvalue weighted by molar-refractivity contribution is -0.138. The first-order chi connectivity index (χ1) is 24.9. The molecule has 5 aromatic rings. The zero-order valence-corrected chi connectivity index (χ0v) is 28.7. The van der Waals surface area contributed by atoms with Gasteiger partial charge in [-0.2, -0.15) is 0 Å². The van der Waals surface area contributed by atoms with Gasteiger partial charge in [0.1, 0.15) is 5.75 Å². The van der Waals surface area contributed by atoms with E-state index >= 15 is 0 Å². The number of ether oxygens (including phenoxy) is 3. The highest BCUT2D eigenvalue weighted by molar-refractivity contribution is 5.86. The van der Waals surface area contributed by atoms with Gasteiger partial charge in [-0.05, 0) is 107 Å². The monoisotopic (exact) mass is 670 g/mol. The van der Waals surface area contributed by atoms with Crippen molar-refractivity contribution in [3.63, 3.8) is 0 Å². The number of esters is 2. The lowest BCUT2D eigenvalue weighted by Gasteiger charge is -2.08. The standard InChI is InChI=1S/C46H38O5/c1-4-38-29-35(12-13-36-17-22-40-30-34(16-21-41(40)31-36)11-8-7-9-26-50-45(47)5-2)14-19-39(38)20-15-37-18-23-43-33-44(25-24-42(43)32-37)49-27-10-28-51-46(48)6-3/h5-6,14,16-19,21-25,29-33H,2-4,7,9-10,26-28H2,1H3. The Hall–Kier alpha value is -6.48. The molecule has 0 spiro atoms. The Morgan fingerprint density at radius 2 is 1.10 bits per heavy atom. The Morgan fingerprint density at radius 3 is 1.71 bits per heavy atom. The minimum absolute atomic E-state index is 0.295. The Bertz CT molecular complexity index is 2280. The quantitative estimate of drug-likeness (QED) is 0.0609. The van der Waals surface area contributed by atoms with Crippen LogP contribution in [0.4, 0.5) is 0 Å². The van der Waals surface area contributed by atoms with E-state index in [1.807, 2.05) is 48.5 Å². The molecule has 0 radical (unpaired) electrons. The van der Waals surface area contributed by atoms with Gasteiger partial charge >= 0.3 is 11.9 Å². The number of rotatable bonds is 11. The van der Waals surface area contributed by atoms with Gasteiger partial charge in [0.2, 0.25) is 0 Å². The zero-order valence-electron chi connectivity index (χ0n) is 28.7. The van der Waals surface area contributed by atoms with Gasteiger partial charge in [-0.1, -0.05) is 79.9 Å². The van der Waals surface area contributed by atoms with Gasteiger partial charge in [-0.25, -0.2) is 9.59 Å². The molecule has 0 heterocycles. The Morgan fingerprint density at radius 1 is 0.588 bits per heavy atom. The highest BCUT2D eigenvalue weighted by Gasteiger charge is 2.03. The summed E-state index contributed by atoms with van der Waals surface area (Å²) < 4.78 is 15.8. The average Bonchev–Trinajstić information content (AvgIpc) is 3.17. The van der Waals surface area contributed by atoms with E-state index < -0.39 is 11.9 Å². The number of benzene rings is 5. The third-order valence-corrected chi connectivity index (χ3v) is 7.89. The molecule has 0 aromatic heterocycles. The summed E-state index contributed by atoms with van der Waals surface area (Å²) in [5.41, 5.74) is 5.92. The summed E-state index contributed by atoms with van der Waals surface area (Å²) in [4.78, 5) is 22.2. The number of fused-ring (bicyclic) bond motifs is 2. The first-order valence-electron chi connectivity index (χ1n) is 16.9. The Balaban J connectivity index is 1.19. The molecule has 51 heavy (non-hydrogen) atoms. The molecule has 0 aliphatic rings. The van der Waals surface area contributed by atoms with E-state index in [2.05, 4.69) is 98.1 Å². The highest BCUT2D eigenvalue weighted by Crippen LogP contribution is 2.23. The second kappa shape index (κ2) is 18.3. The number of carbonyl (C=O) groups excluding carboxylic acids is 2. The van der Waals surface area contributed by atoms with E-state index in [-0.39, 0.29) is 0 Å². The molecule has 0 aliphatic carbocycles. The van der Waals surface area contributed by atoms with Crippen LogP contribution in [0.5, 0.6) is 5.75 Å². The fraction of sp³-hybridized carbons (Fsp3) is 0.174. The second-order valence-corrected chi connectivity index (χ2v) is 11.6. The largest absolute Gasteiger partial charge is 0.493 e. The van der Waals surface area contributed by atoms with Crippen molar-refractivity contribution in [2.75, 3.05) is 19.8 Å². The minimum atomic E-state index is -0.426. The highest BCUT2D eigenvalue weighted by atomic mass is 16.5. The van der Waals surface area contributed by atoms with Crippen molar-refractivity contribution in [1.82, 2.24) is 0 Å². The maximum Gasteiger partial charge on any atom is 0.330 e. The Kier molecular flexibility index (Phi) is 12.9. The first-order valence-corrected chi connectivity index (χ1v) is 16.9. The SMILES string of the molecule is C=CC(=O)OCCCC#Cc1ccc2cc(C#Cc3ccc(C#Cc4ccc5cc(OCCCOC(=O)C=C)ccc5c4)c(CC)c3)ccc2c1. The predicted octanol–water partition coefficient (Wildman–Crippen LogP) is 8.71. The molecular weight excluding hydrogens is 633 g/mol. The van der Waals surface area contributed by atoms with E-state index in [1.54, 1.807) is 0 Å². The molecule has 5 rings (SSSR count). The molecule has 0 aliphatic heterocycles. The van der Waals surface area contributed by atoms with Gasteiger partial charge in [0.15, 0.2) is 0 Å². The molecule has 0 fully saturated rings. The van der Waals surface area contributed by atoms with Crippen LogP contribution in [0.2, 0.25) is 0 Å². The van der Waals surface area contributed by atoms with E-state index in [0.29, 0.717) is 39.1 Å². The van der Waals surface area contributed by atoms with Crippen LogP contribution < -0.4 is 4.74 Å². The summed E-state index contributed by atoms with van der Waals surface area (Å²) in [5, 5.41) is 4.35. The van der Waals surface area contributed by atoms with Crippen LogP contribution in [0.3, 0.4) is 0 Å². The van der Waals surface area contributed by atoms with Gasteiger partial charge in [0.05, 0.1) is 19.8 Å². The summed E-state index contributed by atoms with van der Waals surface area (Å²) >= 11 is 0. The van der Waals surface area contributed by atoms with Crippen LogP contribution in [0.25, 0.3) is 21.5 Å². The van der Waals surface area contributed by atoms with Gasteiger partial charge in [-0.15, -0.1) is 0 Å². The van der Waals surface area contributed by atoms with Crippen LogP contribution in [0.15, 0.2) is 116 Å². The molecule has 5 aromatic carbocycles. The lowest BCUT2D eigenvalue weighted by atomic mass is 10.0. The molecular formula is C46H38O5. The maximum atomic E-state index is 11.1. The normalized spacial score (nSPS) is 10.1. The van der Waals surface area contributed by atoms with Crippen LogP contribution in [-0.4, -0.2) is 31.8 Å². The van der Waals surface area contributed by atoms with Crippen molar-refractivity contribution >= 4 is 33.5 Å². The van der Waals surface area contributed by atoms with E-state index in [1.165, 1.54) is 0 Å². The summed E-state index contributed by atoms with van der Waals surface area (Å²) in [6, 6.07) is 30.7. The summed E-state index contributed by atoms with van der Waals surface area (Å²) in [7, 11) is 0. The summed E-state index contributed by atoms with van der Waals surface area (Å²) in [6.45, 7) is 9.99. The molecule has 0 bridgehead atoms. The van der Waals surface area contributed by atoms with Crippen LogP contribution in [0, 0.1) is 35.5 Å². The molecule has 0 N–H and O–H groups in total. The number of aryl methyl sites for hydroxylation is 1. The lowest BCUT2D eigenvalue weighted by Crippen LogP contribution is -2.06. The second-order valence-electron chi connectivity index (χ2n) is 11.6. The molecule has 0 saturated carbocycles. The van der Waals surface area contributed by atoms with Gasteiger partial charge in [-0.3, -0.25) is 0 Å². The zero-order chi connectivity index (χ0) is 35.8. The van der Waals surface area contributed by atoms with Crippen molar-refractivity contribution in [2.45, 2.75) is 32.6 Å². The smallest absolute Gasteiger partial charge is 0.330 e. The van der Waals surface area contributed by atoms with Crippen molar-refractivity contribution in [3.8, 4) is 41.3 Å². The molecule has 5 heteroatoms. The minimum Gasteiger partial charge on any atom is -0.493 e. The fourth-order valence-corrected chi connectivity index (χ4v) is 5.20. The van der Waals surface area contributed by atoms with E-state index in [0.717, 1.165) is 79.2 Å². The van der Waals surface area contributed by atoms with Crippen molar-refractivity contribution in [3.05, 3.63) is 150 Å². The van der Waals surface area contributed by atoms with Crippen molar-refractivity contribution < 1.29 is 23.8 Å². The molecule has 0 saturated heterocycles. The predicted molar refractivity (Wildman–Crippen MR) is 204 cm³/mol. The molecule has 5 nitrogen and oxygen atoms in total. The third kappa shape index (κ3) is 10.8. The molecule has 0 atom stereocenters. The molecule has 0 amide bonds. The number of hydrogen-bond donors (Lipinski definition) is 0. The van der Waals surface area contributed by atoms with Gasteiger partial charge < -0.3 is 14.2 Å². The summed E-state index contributed by atoms with van der Waals surface area (Å²) in [6.07, 6.45) is 5.10. The van der Waals surface area contributed by atoms with Gasteiger partial charge in [0, 0.05) is 52.8 Å². The third-order valence-electron chi connectivity index (χ3n) is 7.89. The van der Waals surface area contributed by atoms with E-state index in [4.69, 9.17) is 14.2 Å². The van der Waals surface area contributed by atoms with Crippen LogP contribution in [-0.2, 0) is 25.5 Å². The topological polar surface area (TPSA) is 61.8 Å².